The van der Waals surface area contributed by atoms with Crippen LogP contribution in [0, 0.1) is 20.8 Å². The number of aromatic nitrogens is 1. The smallest absolute Gasteiger partial charge is 0.195 e. The molecule has 2 N–H and O–H groups in total. The molecule has 2 aromatic carbocycles. The van der Waals surface area contributed by atoms with E-state index in [4.69, 9.17) is 4.98 Å². The van der Waals surface area contributed by atoms with E-state index in [1.807, 2.05) is 0 Å². The minimum Gasteiger partial charge on any atom is -0.356 e. The summed E-state index contributed by atoms with van der Waals surface area (Å²) in [6.45, 7) is 8.30. The number of aliphatic imine (C=N–C) groups is 1. The molecule has 28 heavy (non-hydrogen) atoms. The van der Waals surface area contributed by atoms with Crippen molar-refractivity contribution in [3.05, 3.63) is 69.0 Å². The second kappa shape index (κ2) is 8.15. The van der Waals surface area contributed by atoms with Gasteiger partial charge in [-0.05, 0) is 49.9 Å². The number of nitrogens with one attached hydrogen (secondary N) is 2. The molecule has 4 nitrogen and oxygen atoms in total. The zero-order valence-electron chi connectivity index (χ0n) is 16.7. The summed E-state index contributed by atoms with van der Waals surface area (Å²) in [5.41, 5.74) is 8.46. The number of hydrogen-bond donors (Lipinski definition) is 2. The highest BCUT2D eigenvalue weighted by Crippen LogP contribution is 2.27. The van der Waals surface area contributed by atoms with Crippen molar-refractivity contribution < 1.29 is 0 Å². The summed E-state index contributed by atoms with van der Waals surface area (Å²) < 4.78 is 0. The molecular formula is C23H26N4S. The first-order valence-corrected chi connectivity index (χ1v) is 10.6. The highest BCUT2D eigenvalue weighted by atomic mass is 32.1. The summed E-state index contributed by atoms with van der Waals surface area (Å²) in [6.07, 6.45) is 1.96. The molecule has 2 heterocycles. The zero-order valence-corrected chi connectivity index (χ0v) is 17.5. The van der Waals surface area contributed by atoms with Crippen molar-refractivity contribution in [2.75, 3.05) is 18.4 Å². The minimum absolute atomic E-state index is 0.864. The van der Waals surface area contributed by atoms with E-state index in [0.29, 0.717) is 0 Å². The topological polar surface area (TPSA) is 49.3 Å². The van der Waals surface area contributed by atoms with Crippen LogP contribution in [-0.2, 0) is 6.42 Å². The molecule has 0 spiro atoms. The first kappa shape index (κ1) is 18.7. The van der Waals surface area contributed by atoms with Crippen molar-refractivity contribution in [2.45, 2.75) is 33.6 Å². The molecule has 0 bridgehead atoms. The number of anilines is 1. The number of nitrogens with zero attached hydrogens (tertiary/aromatic N) is 2. The molecular weight excluding hydrogens is 364 g/mol. The van der Waals surface area contributed by atoms with Crippen molar-refractivity contribution in [1.29, 1.82) is 0 Å². The molecule has 0 aliphatic carbocycles. The van der Waals surface area contributed by atoms with Gasteiger partial charge >= 0.3 is 0 Å². The quantitative estimate of drug-likeness (QED) is 0.652. The number of thiazole rings is 1. The molecule has 0 unspecified atom stereocenters. The van der Waals surface area contributed by atoms with Gasteiger partial charge in [0.1, 0.15) is 0 Å². The molecule has 0 amide bonds. The Morgan fingerprint density at radius 1 is 1.07 bits per heavy atom. The number of aryl methyl sites for hydroxylation is 3. The third-order valence-electron chi connectivity index (χ3n) is 5.07. The van der Waals surface area contributed by atoms with E-state index >= 15 is 0 Å². The average Bonchev–Trinajstić information content (AvgIpc) is 3.16. The maximum Gasteiger partial charge on any atom is 0.195 e. The van der Waals surface area contributed by atoms with Gasteiger partial charge in [-0.25, -0.2) is 4.98 Å². The fourth-order valence-electron chi connectivity index (χ4n) is 3.36. The largest absolute Gasteiger partial charge is 0.356 e. The summed E-state index contributed by atoms with van der Waals surface area (Å²) in [6, 6.07) is 13.1. The molecule has 0 fully saturated rings. The van der Waals surface area contributed by atoms with E-state index in [0.717, 1.165) is 48.3 Å². The maximum absolute atomic E-state index is 4.87. The van der Waals surface area contributed by atoms with Crippen LogP contribution in [0.2, 0.25) is 0 Å². The van der Waals surface area contributed by atoms with E-state index in [9.17, 15) is 0 Å². The molecule has 3 aromatic rings. The Bertz CT molecular complexity index is 1000. The third kappa shape index (κ3) is 4.25. The van der Waals surface area contributed by atoms with Gasteiger partial charge in [0.15, 0.2) is 5.96 Å². The molecule has 144 valence electrons. The van der Waals surface area contributed by atoms with Crippen LogP contribution in [-0.4, -0.2) is 24.0 Å². The van der Waals surface area contributed by atoms with E-state index < -0.39 is 0 Å². The van der Waals surface area contributed by atoms with Crippen molar-refractivity contribution >= 4 is 23.0 Å². The zero-order chi connectivity index (χ0) is 19.5. The second-order valence-corrected chi connectivity index (χ2v) is 8.34. The molecule has 0 atom stereocenters. The molecule has 0 saturated carbocycles. The number of rotatable bonds is 4. The van der Waals surface area contributed by atoms with Gasteiger partial charge in [-0.1, -0.05) is 35.9 Å². The van der Waals surface area contributed by atoms with E-state index in [1.165, 1.54) is 27.8 Å². The average molecular weight is 391 g/mol. The van der Waals surface area contributed by atoms with E-state index in [-0.39, 0.29) is 0 Å². The normalized spacial score (nSPS) is 13.8. The van der Waals surface area contributed by atoms with Crippen LogP contribution in [0.5, 0.6) is 0 Å². The van der Waals surface area contributed by atoms with Crippen molar-refractivity contribution in [3.63, 3.8) is 0 Å². The Morgan fingerprint density at radius 2 is 1.89 bits per heavy atom. The summed E-state index contributed by atoms with van der Waals surface area (Å²) in [5, 5.41) is 10.1. The Kier molecular flexibility index (Phi) is 5.44. The summed E-state index contributed by atoms with van der Waals surface area (Å²) in [4.78, 5) is 9.37. The van der Waals surface area contributed by atoms with Gasteiger partial charge < -0.3 is 10.6 Å². The predicted molar refractivity (Wildman–Crippen MR) is 120 cm³/mol. The molecule has 4 rings (SSSR count). The molecule has 1 aliphatic rings. The van der Waals surface area contributed by atoms with Crippen LogP contribution < -0.4 is 10.6 Å². The van der Waals surface area contributed by atoms with Gasteiger partial charge in [0.2, 0.25) is 0 Å². The Hall–Kier alpha value is -2.66. The fraction of sp³-hybridized carbons (Fsp3) is 0.304. The van der Waals surface area contributed by atoms with E-state index in [2.05, 4.69) is 78.2 Å². The highest BCUT2D eigenvalue weighted by Gasteiger charge is 2.11. The van der Waals surface area contributed by atoms with Crippen LogP contribution in [0.1, 0.15) is 33.7 Å². The number of benzene rings is 2. The molecule has 5 heteroatoms. The predicted octanol–water partition coefficient (Wildman–Crippen LogP) is 5.09. The highest BCUT2D eigenvalue weighted by molar-refractivity contribution is 7.10. The number of hydrogen-bond acceptors (Lipinski definition) is 5. The van der Waals surface area contributed by atoms with Crippen molar-refractivity contribution in [3.8, 4) is 11.3 Å². The summed E-state index contributed by atoms with van der Waals surface area (Å²) >= 11 is 1.73. The monoisotopic (exact) mass is 390 g/mol. The Morgan fingerprint density at radius 3 is 2.64 bits per heavy atom. The summed E-state index contributed by atoms with van der Waals surface area (Å²) in [5.74, 6) is 0.879. The van der Waals surface area contributed by atoms with Gasteiger partial charge in [-0.3, -0.25) is 4.99 Å². The molecule has 1 aliphatic heterocycles. The summed E-state index contributed by atoms with van der Waals surface area (Å²) in [7, 11) is 0. The van der Waals surface area contributed by atoms with Crippen LogP contribution in [0.25, 0.3) is 11.3 Å². The standard InChI is InChI=1S/C23H26N4S/c1-15-5-7-18(8-6-15)21-14-28-22(26-21)13-19-11-17(3)20(12-16(19)2)27-23-24-9-4-10-25-23/h5-8,11-12,14H,4,9-10,13H2,1-3H3,(H2,24,25,27). The van der Waals surface area contributed by atoms with Crippen LogP contribution >= 0.6 is 11.3 Å². The molecule has 1 aromatic heterocycles. The minimum atomic E-state index is 0.864. The second-order valence-electron chi connectivity index (χ2n) is 7.40. The fourth-order valence-corrected chi connectivity index (χ4v) is 4.18. The first-order valence-electron chi connectivity index (χ1n) is 9.75. The lowest BCUT2D eigenvalue weighted by Crippen LogP contribution is -2.35. The molecule has 0 radical (unpaired) electrons. The first-order chi connectivity index (χ1) is 13.6. The lowest BCUT2D eigenvalue weighted by molar-refractivity contribution is 0.740. The SMILES string of the molecule is Cc1ccc(-c2csc(Cc3cc(C)c(NC4=NCCCN4)cc3C)n2)cc1. The third-order valence-corrected chi connectivity index (χ3v) is 5.92. The number of guanidine groups is 1. The van der Waals surface area contributed by atoms with Gasteiger partial charge in [0.05, 0.1) is 10.7 Å². The van der Waals surface area contributed by atoms with Crippen molar-refractivity contribution in [1.82, 2.24) is 10.3 Å². The van der Waals surface area contributed by atoms with Crippen molar-refractivity contribution in [2.24, 2.45) is 4.99 Å². The van der Waals surface area contributed by atoms with Gasteiger partial charge in [-0.2, -0.15) is 0 Å². The van der Waals surface area contributed by atoms with Crippen LogP contribution in [0.4, 0.5) is 5.69 Å². The Balaban J connectivity index is 1.51. The van der Waals surface area contributed by atoms with Gasteiger partial charge in [-0.15, -0.1) is 11.3 Å². The van der Waals surface area contributed by atoms with E-state index in [1.54, 1.807) is 11.3 Å². The Labute approximate surface area is 170 Å². The lowest BCUT2D eigenvalue weighted by atomic mass is 10.0. The van der Waals surface area contributed by atoms with Crippen LogP contribution in [0.15, 0.2) is 46.8 Å². The van der Waals surface area contributed by atoms with Crippen LogP contribution in [0.3, 0.4) is 0 Å². The molecule has 0 saturated heterocycles. The van der Waals surface area contributed by atoms with Gasteiger partial charge in [0, 0.05) is 36.1 Å². The lowest BCUT2D eigenvalue weighted by Gasteiger charge is -2.18. The maximum atomic E-state index is 4.87. The van der Waals surface area contributed by atoms with Gasteiger partial charge in [0.25, 0.3) is 0 Å².